The number of rotatable bonds is 5. The number of hydrogen-bond donors (Lipinski definition) is 0. The van der Waals surface area contributed by atoms with Crippen molar-refractivity contribution < 1.29 is 19.2 Å². The van der Waals surface area contributed by atoms with Gasteiger partial charge >= 0.3 is 0 Å². The average Bonchev–Trinajstić information content (AvgIpc) is 3.42. The molecule has 0 aliphatic carbocycles. The van der Waals surface area contributed by atoms with Crippen molar-refractivity contribution in [2.45, 2.75) is 18.9 Å². The molecule has 0 spiro atoms. The van der Waals surface area contributed by atoms with Crippen LogP contribution in [0, 0.1) is 5.92 Å². The minimum Gasteiger partial charge on any atom is -0.490 e. The molecule has 0 unspecified atom stereocenters. The average molecular weight is 369 g/mol. The van der Waals surface area contributed by atoms with E-state index in [-0.39, 0.29) is 23.8 Å². The van der Waals surface area contributed by atoms with Crippen LogP contribution in [0.5, 0.6) is 5.75 Å². The molecule has 2 atom stereocenters. The van der Waals surface area contributed by atoms with Crippen molar-refractivity contribution in [3.05, 3.63) is 42.5 Å². The number of ether oxygens (including phenoxy) is 1. The normalized spacial score (nSPS) is 23.6. The second-order valence-electron chi connectivity index (χ2n) is 7.06. The van der Waals surface area contributed by atoms with E-state index in [1.54, 1.807) is 35.2 Å². The second kappa shape index (κ2) is 7.42. The summed E-state index contributed by atoms with van der Waals surface area (Å²) in [4.78, 5) is 34.5. The highest BCUT2D eigenvalue weighted by Gasteiger charge is 2.47. The number of benzene rings is 1. The molecule has 0 saturated carbocycles. The van der Waals surface area contributed by atoms with Crippen LogP contribution in [0.15, 0.2) is 42.1 Å². The minimum absolute atomic E-state index is 0.0435. The quantitative estimate of drug-likeness (QED) is 0.741. The van der Waals surface area contributed by atoms with Gasteiger partial charge in [-0.25, -0.2) is 0 Å². The molecule has 4 rings (SSSR count). The van der Waals surface area contributed by atoms with Crippen LogP contribution in [0.1, 0.15) is 23.2 Å². The zero-order valence-corrected chi connectivity index (χ0v) is 15.2. The predicted molar refractivity (Wildman–Crippen MR) is 99.6 cm³/mol. The first-order valence-corrected chi connectivity index (χ1v) is 9.33. The molecule has 1 aromatic rings. The molecule has 3 aliphatic heterocycles. The van der Waals surface area contributed by atoms with E-state index in [1.165, 1.54) is 0 Å². The Morgan fingerprint density at radius 2 is 1.89 bits per heavy atom. The van der Waals surface area contributed by atoms with E-state index in [4.69, 9.17) is 9.57 Å². The van der Waals surface area contributed by atoms with Gasteiger partial charge in [-0.15, -0.1) is 0 Å². The van der Waals surface area contributed by atoms with Gasteiger partial charge in [0.15, 0.2) is 11.8 Å². The fraction of sp³-hybridized carbons (Fsp3) is 0.450. The Labute approximate surface area is 158 Å². The zero-order chi connectivity index (χ0) is 18.8. The lowest BCUT2D eigenvalue weighted by molar-refractivity contribution is -0.123. The van der Waals surface area contributed by atoms with Crippen molar-refractivity contribution in [1.82, 2.24) is 9.80 Å². The molecular weight excluding hydrogens is 346 g/mol. The lowest BCUT2D eigenvalue weighted by Gasteiger charge is -2.19. The number of amides is 2. The second-order valence-corrected chi connectivity index (χ2v) is 7.06. The third kappa shape index (κ3) is 3.41. The Hall–Kier alpha value is -2.83. The largest absolute Gasteiger partial charge is 0.490 e. The number of carbonyl (C=O) groups excluding carboxylic acids is 2. The van der Waals surface area contributed by atoms with Crippen molar-refractivity contribution in [2.24, 2.45) is 11.1 Å². The molecule has 1 aromatic carbocycles. The van der Waals surface area contributed by atoms with Gasteiger partial charge in [0.2, 0.25) is 0 Å². The fourth-order valence-corrected chi connectivity index (χ4v) is 3.81. The Kier molecular flexibility index (Phi) is 4.83. The van der Waals surface area contributed by atoms with Crippen LogP contribution in [0.2, 0.25) is 0 Å². The summed E-state index contributed by atoms with van der Waals surface area (Å²) >= 11 is 0. The maximum atomic E-state index is 12.8. The van der Waals surface area contributed by atoms with Crippen molar-refractivity contribution in [3.63, 3.8) is 0 Å². The summed E-state index contributed by atoms with van der Waals surface area (Å²) in [5, 5.41) is 4.03. The highest BCUT2D eigenvalue weighted by molar-refractivity contribution is 6.40. The van der Waals surface area contributed by atoms with Gasteiger partial charge in [0, 0.05) is 25.2 Å². The van der Waals surface area contributed by atoms with Crippen LogP contribution in [-0.4, -0.2) is 66.2 Å². The van der Waals surface area contributed by atoms with Crippen LogP contribution < -0.4 is 4.74 Å². The molecule has 0 aromatic heterocycles. The van der Waals surface area contributed by atoms with Gasteiger partial charge in [-0.05, 0) is 37.1 Å². The first-order chi connectivity index (χ1) is 13.2. The van der Waals surface area contributed by atoms with E-state index in [9.17, 15) is 9.59 Å². The number of carbonyl (C=O) groups is 2. The summed E-state index contributed by atoms with van der Waals surface area (Å²) in [6.45, 7) is 6.48. The topological polar surface area (TPSA) is 71.4 Å². The van der Waals surface area contributed by atoms with Crippen molar-refractivity contribution in [2.75, 3.05) is 32.8 Å². The lowest BCUT2D eigenvalue weighted by atomic mass is 10.00. The monoisotopic (exact) mass is 369 g/mol. The molecule has 0 N–H and O–H groups in total. The Balaban J connectivity index is 1.40. The summed E-state index contributed by atoms with van der Waals surface area (Å²) in [6, 6.07) is 7.04. The minimum atomic E-state index is -0.231. The molecular formula is C20H23N3O4. The van der Waals surface area contributed by atoms with E-state index in [0.717, 1.165) is 25.9 Å². The van der Waals surface area contributed by atoms with Gasteiger partial charge in [0.1, 0.15) is 12.4 Å². The number of nitrogens with zero attached hydrogens (tertiary/aromatic N) is 3. The lowest BCUT2D eigenvalue weighted by Crippen LogP contribution is -2.39. The molecule has 0 bridgehead atoms. The van der Waals surface area contributed by atoms with Gasteiger partial charge in [-0.1, -0.05) is 17.8 Å². The molecule has 7 heteroatoms. The Morgan fingerprint density at radius 3 is 2.59 bits per heavy atom. The van der Waals surface area contributed by atoms with E-state index in [1.807, 2.05) is 4.90 Å². The zero-order valence-electron chi connectivity index (χ0n) is 15.2. The summed E-state index contributed by atoms with van der Waals surface area (Å²) in [5.41, 5.74) is 1.05. The molecule has 2 saturated heterocycles. The number of hydrogen-bond acceptors (Lipinski definition) is 5. The van der Waals surface area contributed by atoms with Crippen LogP contribution >= 0.6 is 0 Å². The molecule has 0 radical (unpaired) electrons. The SMILES string of the molecule is C=CCOc1ccc(C(=O)N2C[C@@H]3C(C(=O)N4CCCC4)=NO[C@@H]3C2)cc1. The van der Waals surface area contributed by atoms with Gasteiger partial charge in [-0.2, -0.15) is 0 Å². The summed E-state index contributed by atoms with van der Waals surface area (Å²) in [5.74, 6) is 0.435. The van der Waals surface area contributed by atoms with Gasteiger partial charge in [0.05, 0.1) is 12.5 Å². The summed E-state index contributed by atoms with van der Waals surface area (Å²) < 4.78 is 5.44. The van der Waals surface area contributed by atoms with E-state index in [2.05, 4.69) is 11.7 Å². The van der Waals surface area contributed by atoms with E-state index >= 15 is 0 Å². The maximum Gasteiger partial charge on any atom is 0.272 e. The number of likely N-dealkylation sites (tertiary alicyclic amines) is 2. The van der Waals surface area contributed by atoms with Gasteiger partial charge in [-0.3, -0.25) is 9.59 Å². The molecule has 2 fully saturated rings. The molecule has 2 amide bonds. The molecule has 7 nitrogen and oxygen atoms in total. The Bertz CT molecular complexity index is 768. The van der Waals surface area contributed by atoms with Crippen molar-refractivity contribution in [1.29, 1.82) is 0 Å². The first kappa shape index (κ1) is 17.6. The van der Waals surface area contributed by atoms with Gasteiger partial charge in [0.25, 0.3) is 11.8 Å². The highest BCUT2D eigenvalue weighted by atomic mass is 16.6. The molecule has 142 valence electrons. The van der Waals surface area contributed by atoms with Crippen molar-refractivity contribution >= 4 is 17.5 Å². The van der Waals surface area contributed by atoms with Crippen LogP contribution in [0.3, 0.4) is 0 Å². The third-order valence-electron chi connectivity index (χ3n) is 5.27. The smallest absolute Gasteiger partial charge is 0.272 e. The standard InChI is InChI=1S/C20H23N3O4/c1-2-11-26-15-7-5-14(6-8-15)19(24)23-12-16-17(13-23)27-21-18(16)20(25)22-9-3-4-10-22/h2,5-8,16-17H,1,3-4,9-13H2/t16-,17+/m0/s1. The van der Waals surface area contributed by atoms with E-state index < -0.39 is 0 Å². The van der Waals surface area contributed by atoms with Crippen LogP contribution in [-0.2, 0) is 9.63 Å². The van der Waals surface area contributed by atoms with Crippen LogP contribution in [0.4, 0.5) is 0 Å². The Morgan fingerprint density at radius 1 is 1.15 bits per heavy atom. The maximum absolute atomic E-state index is 12.8. The van der Waals surface area contributed by atoms with E-state index in [0.29, 0.717) is 36.7 Å². The molecule has 3 aliphatic rings. The van der Waals surface area contributed by atoms with Gasteiger partial charge < -0.3 is 19.4 Å². The summed E-state index contributed by atoms with van der Waals surface area (Å²) in [6.07, 6.45) is 3.51. The number of fused-ring (bicyclic) bond motifs is 1. The number of oxime groups is 1. The van der Waals surface area contributed by atoms with Crippen molar-refractivity contribution in [3.8, 4) is 5.75 Å². The third-order valence-corrected chi connectivity index (χ3v) is 5.27. The summed E-state index contributed by atoms with van der Waals surface area (Å²) in [7, 11) is 0. The predicted octanol–water partition coefficient (Wildman–Crippen LogP) is 1.70. The molecule has 3 heterocycles. The van der Waals surface area contributed by atoms with Crippen LogP contribution in [0.25, 0.3) is 0 Å². The highest BCUT2D eigenvalue weighted by Crippen LogP contribution is 2.29. The first-order valence-electron chi connectivity index (χ1n) is 9.33. The fourth-order valence-electron chi connectivity index (χ4n) is 3.81. The molecule has 27 heavy (non-hydrogen) atoms.